The average Bonchev–Trinajstić information content (AvgIpc) is 2.40. The highest BCUT2D eigenvalue weighted by atomic mass is 16.3. The van der Waals surface area contributed by atoms with Crippen molar-refractivity contribution in [2.75, 3.05) is 13.2 Å². The van der Waals surface area contributed by atoms with Gasteiger partial charge in [-0.2, -0.15) is 0 Å². The molecule has 18 heavy (non-hydrogen) atoms. The lowest BCUT2D eigenvalue weighted by atomic mass is 9.83. The maximum absolute atomic E-state index is 11.8. The van der Waals surface area contributed by atoms with Crippen molar-refractivity contribution in [3.8, 4) is 0 Å². The Morgan fingerprint density at radius 2 is 2.06 bits per heavy atom. The summed E-state index contributed by atoms with van der Waals surface area (Å²) in [5, 5.41) is 12.1. The van der Waals surface area contributed by atoms with E-state index in [1.807, 2.05) is 13.8 Å². The van der Waals surface area contributed by atoms with E-state index in [9.17, 15) is 14.7 Å². The minimum absolute atomic E-state index is 0.0333. The van der Waals surface area contributed by atoms with Crippen LogP contribution in [0.4, 0.5) is 0 Å². The number of hydrogen-bond donors (Lipinski definition) is 3. The first-order chi connectivity index (χ1) is 8.56. The van der Waals surface area contributed by atoms with Crippen LogP contribution in [0.5, 0.6) is 0 Å². The predicted molar refractivity (Wildman–Crippen MR) is 69.5 cm³/mol. The van der Waals surface area contributed by atoms with Crippen LogP contribution in [0.3, 0.4) is 0 Å². The SMILES string of the molecule is CCC(CC)(CO)CNC(=O)c1cccc(=O)[nH]1. The molecule has 0 saturated carbocycles. The molecule has 0 saturated heterocycles. The van der Waals surface area contributed by atoms with E-state index in [0.29, 0.717) is 6.54 Å². The number of amides is 1. The summed E-state index contributed by atoms with van der Waals surface area (Å²) in [7, 11) is 0. The molecule has 5 nitrogen and oxygen atoms in total. The second-order valence-electron chi connectivity index (χ2n) is 4.48. The highest BCUT2D eigenvalue weighted by molar-refractivity contribution is 5.92. The van der Waals surface area contributed by atoms with Gasteiger partial charge in [0, 0.05) is 18.0 Å². The minimum Gasteiger partial charge on any atom is -0.396 e. The number of rotatable bonds is 6. The number of carbonyl (C=O) groups is 1. The zero-order valence-corrected chi connectivity index (χ0v) is 10.8. The number of pyridine rings is 1. The van der Waals surface area contributed by atoms with Gasteiger partial charge in [-0.3, -0.25) is 9.59 Å². The Balaban J connectivity index is 2.69. The van der Waals surface area contributed by atoms with Crippen LogP contribution >= 0.6 is 0 Å². The number of hydrogen-bond acceptors (Lipinski definition) is 3. The number of aliphatic hydroxyl groups is 1. The quantitative estimate of drug-likeness (QED) is 0.703. The Morgan fingerprint density at radius 1 is 1.39 bits per heavy atom. The fourth-order valence-electron chi connectivity index (χ4n) is 1.72. The molecule has 0 bridgehead atoms. The number of aromatic nitrogens is 1. The first-order valence-electron chi connectivity index (χ1n) is 6.15. The molecular formula is C13H20N2O3. The molecule has 0 fully saturated rings. The van der Waals surface area contributed by atoms with Crippen LogP contribution in [0.25, 0.3) is 0 Å². The molecular weight excluding hydrogens is 232 g/mol. The van der Waals surface area contributed by atoms with E-state index in [1.54, 1.807) is 6.07 Å². The van der Waals surface area contributed by atoms with Gasteiger partial charge in [-0.25, -0.2) is 0 Å². The summed E-state index contributed by atoms with van der Waals surface area (Å²) in [6, 6.07) is 4.44. The molecule has 0 radical (unpaired) electrons. The van der Waals surface area contributed by atoms with Crippen molar-refractivity contribution in [3.05, 3.63) is 34.2 Å². The maximum Gasteiger partial charge on any atom is 0.267 e. The van der Waals surface area contributed by atoms with Crippen molar-refractivity contribution < 1.29 is 9.90 Å². The van der Waals surface area contributed by atoms with E-state index < -0.39 is 0 Å². The molecule has 0 aromatic carbocycles. The summed E-state index contributed by atoms with van der Waals surface area (Å²) in [5.41, 5.74) is -0.353. The summed E-state index contributed by atoms with van der Waals surface area (Å²) in [6.45, 7) is 4.39. The van der Waals surface area contributed by atoms with E-state index in [0.717, 1.165) is 12.8 Å². The number of aromatic amines is 1. The van der Waals surface area contributed by atoms with Gasteiger partial charge in [0.15, 0.2) is 0 Å². The molecule has 0 spiro atoms. The lowest BCUT2D eigenvalue weighted by molar-refractivity contribution is 0.0846. The van der Waals surface area contributed by atoms with Crippen LogP contribution in [-0.2, 0) is 0 Å². The van der Waals surface area contributed by atoms with Crippen molar-refractivity contribution in [2.45, 2.75) is 26.7 Å². The van der Waals surface area contributed by atoms with Crippen molar-refractivity contribution in [3.63, 3.8) is 0 Å². The van der Waals surface area contributed by atoms with Crippen LogP contribution in [-0.4, -0.2) is 29.1 Å². The van der Waals surface area contributed by atoms with E-state index in [2.05, 4.69) is 10.3 Å². The fraction of sp³-hybridized carbons (Fsp3) is 0.538. The average molecular weight is 252 g/mol. The Bertz CT molecular complexity index is 441. The van der Waals surface area contributed by atoms with Crippen molar-refractivity contribution >= 4 is 5.91 Å². The highest BCUT2D eigenvalue weighted by Crippen LogP contribution is 2.24. The predicted octanol–water partition coefficient (Wildman–Crippen LogP) is 0.903. The van der Waals surface area contributed by atoms with Crippen LogP contribution in [0.2, 0.25) is 0 Å². The van der Waals surface area contributed by atoms with Gasteiger partial charge in [0.05, 0.1) is 6.61 Å². The van der Waals surface area contributed by atoms with Gasteiger partial charge in [0.2, 0.25) is 5.56 Å². The molecule has 1 heterocycles. The summed E-state index contributed by atoms with van der Waals surface area (Å²) in [5.74, 6) is -0.326. The number of carbonyl (C=O) groups excluding carboxylic acids is 1. The third kappa shape index (κ3) is 3.43. The Hall–Kier alpha value is -1.62. The topological polar surface area (TPSA) is 82.2 Å². The molecule has 5 heteroatoms. The molecule has 0 aliphatic heterocycles. The summed E-state index contributed by atoms with van der Waals surface area (Å²) >= 11 is 0. The zero-order valence-electron chi connectivity index (χ0n) is 10.8. The first-order valence-corrected chi connectivity index (χ1v) is 6.15. The second-order valence-corrected chi connectivity index (χ2v) is 4.48. The van der Waals surface area contributed by atoms with E-state index >= 15 is 0 Å². The lowest BCUT2D eigenvalue weighted by Crippen LogP contribution is -2.39. The first kappa shape index (κ1) is 14.4. The zero-order chi connectivity index (χ0) is 13.6. The third-order valence-corrected chi connectivity index (χ3v) is 3.47. The largest absolute Gasteiger partial charge is 0.396 e. The lowest BCUT2D eigenvalue weighted by Gasteiger charge is -2.29. The normalized spacial score (nSPS) is 11.3. The Labute approximate surface area is 106 Å². The molecule has 0 aliphatic rings. The van der Waals surface area contributed by atoms with Crippen LogP contribution in [0.1, 0.15) is 37.2 Å². The number of nitrogens with one attached hydrogen (secondary N) is 2. The van der Waals surface area contributed by atoms with Gasteiger partial charge in [0.25, 0.3) is 5.91 Å². The van der Waals surface area contributed by atoms with Crippen molar-refractivity contribution in [1.29, 1.82) is 0 Å². The van der Waals surface area contributed by atoms with E-state index in [4.69, 9.17) is 0 Å². The molecule has 0 unspecified atom stereocenters. The summed E-state index contributed by atoms with van der Waals surface area (Å²) < 4.78 is 0. The van der Waals surface area contributed by atoms with Gasteiger partial charge >= 0.3 is 0 Å². The number of aliphatic hydroxyl groups excluding tert-OH is 1. The van der Waals surface area contributed by atoms with Gasteiger partial charge in [-0.1, -0.05) is 19.9 Å². The molecule has 0 atom stereocenters. The minimum atomic E-state index is -0.326. The molecule has 1 amide bonds. The monoisotopic (exact) mass is 252 g/mol. The van der Waals surface area contributed by atoms with Crippen molar-refractivity contribution in [2.24, 2.45) is 5.41 Å². The van der Waals surface area contributed by atoms with Gasteiger partial charge in [0.1, 0.15) is 5.69 Å². The molecule has 0 aliphatic carbocycles. The van der Waals surface area contributed by atoms with Crippen LogP contribution in [0.15, 0.2) is 23.0 Å². The van der Waals surface area contributed by atoms with E-state index in [-0.39, 0.29) is 29.2 Å². The highest BCUT2D eigenvalue weighted by Gasteiger charge is 2.25. The third-order valence-electron chi connectivity index (χ3n) is 3.47. The number of H-pyrrole nitrogens is 1. The second kappa shape index (κ2) is 6.35. The van der Waals surface area contributed by atoms with Crippen LogP contribution < -0.4 is 10.9 Å². The molecule has 1 aromatic heterocycles. The van der Waals surface area contributed by atoms with E-state index in [1.165, 1.54) is 12.1 Å². The van der Waals surface area contributed by atoms with Crippen LogP contribution in [0, 0.1) is 5.41 Å². The Kier molecular flexibility index (Phi) is 5.09. The van der Waals surface area contributed by atoms with Gasteiger partial charge in [-0.05, 0) is 18.9 Å². The van der Waals surface area contributed by atoms with Gasteiger partial charge < -0.3 is 15.4 Å². The summed E-state index contributed by atoms with van der Waals surface area (Å²) in [4.78, 5) is 25.4. The molecule has 1 rings (SSSR count). The summed E-state index contributed by atoms with van der Waals surface area (Å²) in [6.07, 6.45) is 1.57. The fourth-order valence-corrected chi connectivity index (χ4v) is 1.72. The molecule has 1 aromatic rings. The molecule has 3 N–H and O–H groups in total. The maximum atomic E-state index is 11.8. The van der Waals surface area contributed by atoms with Crippen molar-refractivity contribution in [1.82, 2.24) is 10.3 Å². The van der Waals surface area contributed by atoms with Gasteiger partial charge in [-0.15, -0.1) is 0 Å². The standard InChI is InChI=1S/C13H20N2O3/c1-3-13(4-2,9-16)8-14-12(18)10-6-5-7-11(17)15-10/h5-7,16H,3-4,8-9H2,1-2H3,(H,14,18)(H,15,17). The Morgan fingerprint density at radius 3 is 2.56 bits per heavy atom. The molecule has 100 valence electrons. The smallest absolute Gasteiger partial charge is 0.267 e.